The molecule has 5 aromatic rings. The van der Waals surface area contributed by atoms with Gasteiger partial charge in [-0.15, -0.1) is 0 Å². The molecule has 0 aliphatic carbocycles. The minimum Gasteiger partial charge on any atom is -0.508 e. The number of anilines is 2. The van der Waals surface area contributed by atoms with Crippen LogP contribution in [-0.2, 0) is 20.0 Å². The fraction of sp³-hybridized carbons (Fsp3) is 0.139. The predicted octanol–water partition coefficient (Wildman–Crippen LogP) is 6.64. The zero-order valence-electron chi connectivity index (χ0n) is 25.3. The highest BCUT2D eigenvalue weighted by atomic mass is 19.1. The summed E-state index contributed by atoms with van der Waals surface area (Å²) in [7, 11) is 1.89. The summed E-state index contributed by atoms with van der Waals surface area (Å²) >= 11 is 0. The van der Waals surface area contributed by atoms with E-state index in [2.05, 4.69) is 16.5 Å². The molecule has 4 heterocycles. The lowest BCUT2D eigenvalue weighted by atomic mass is 9.93. The Labute approximate surface area is 265 Å². The smallest absolute Gasteiger partial charge is 0.352 e. The first-order valence-electron chi connectivity index (χ1n) is 14.9. The molecule has 2 aliphatic rings. The molecule has 2 aliphatic heterocycles. The molecular weight excluding hydrogens is 583 g/mol. The molecule has 7 rings (SSSR count). The number of phenols is 1. The molecule has 0 unspecified atom stereocenters. The van der Waals surface area contributed by atoms with E-state index in [1.54, 1.807) is 41.6 Å². The third kappa shape index (κ3) is 5.23. The Morgan fingerprint density at radius 2 is 1.78 bits per heavy atom. The molecular formula is C36H31FN6O3. The lowest BCUT2D eigenvalue weighted by Crippen LogP contribution is -2.46. The van der Waals surface area contributed by atoms with Crippen LogP contribution in [0.5, 0.6) is 5.75 Å². The topological polar surface area (TPSA) is 93.9 Å². The van der Waals surface area contributed by atoms with Gasteiger partial charge in [-0.05, 0) is 91.2 Å². The first kappa shape index (κ1) is 28.8. The van der Waals surface area contributed by atoms with Gasteiger partial charge in [0.05, 0.1) is 23.3 Å². The van der Waals surface area contributed by atoms with E-state index in [1.807, 2.05) is 55.1 Å². The molecule has 10 heteroatoms. The predicted molar refractivity (Wildman–Crippen MR) is 174 cm³/mol. The number of allylic oxidation sites excluding steroid dienone is 2. The van der Waals surface area contributed by atoms with Crippen LogP contribution in [0.2, 0.25) is 0 Å². The maximum Gasteiger partial charge on any atom is 0.352 e. The summed E-state index contributed by atoms with van der Waals surface area (Å²) in [4.78, 5) is 36.1. The van der Waals surface area contributed by atoms with Crippen LogP contribution >= 0.6 is 0 Å². The minimum absolute atomic E-state index is 0.0546. The number of hydrogen-bond donors (Lipinski definition) is 2. The van der Waals surface area contributed by atoms with Crippen molar-refractivity contribution in [3.8, 4) is 5.75 Å². The maximum atomic E-state index is 14.8. The van der Waals surface area contributed by atoms with Gasteiger partial charge < -0.3 is 14.6 Å². The number of halogens is 1. The normalized spacial score (nSPS) is 15.7. The lowest BCUT2D eigenvalue weighted by molar-refractivity contribution is 0.0657. The van der Waals surface area contributed by atoms with Crippen molar-refractivity contribution in [2.24, 2.45) is 7.05 Å². The number of benzene rings is 3. The number of urea groups is 1. The Balaban J connectivity index is 1.21. The number of phenolic OH excluding ortho intramolecular Hbond substituents is 1. The van der Waals surface area contributed by atoms with Gasteiger partial charge in [0.15, 0.2) is 0 Å². The molecule has 0 saturated carbocycles. The van der Waals surface area contributed by atoms with Gasteiger partial charge in [-0.3, -0.25) is 15.1 Å². The fourth-order valence-electron chi connectivity index (χ4n) is 6.07. The number of pyridine rings is 1. The van der Waals surface area contributed by atoms with Crippen molar-refractivity contribution in [3.05, 3.63) is 138 Å². The van der Waals surface area contributed by atoms with Crippen LogP contribution in [0.15, 0.2) is 110 Å². The molecule has 0 bridgehead atoms. The Bertz CT molecular complexity index is 2050. The molecule has 46 heavy (non-hydrogen) atoms. The SMILES string of the molecule is C[C@@H]1Cc2ccccc2CN1C(=O)c1ccc(F)cc1C1=CC=CN(C(=O)N(c2ccc(O)cc2)c2cnc3c(ccn3C)c2)N1. The molecule has 2 N–H and O–H groups in total. The molecule has 3 aromatic carbocycles. The zero-order valence-corrected chi connectivity index (χ0v) is 25.3. The zero-order chi connectivity index (χ0) is 31.9. The summed E-state index contributed by atoms with van der Waals surface area (Å²) in [5, 5.41) is 12.1. The summed E-state index contributed by atoms with van der Waals surface area (Å²) in [6.45, 7) is 2.46. The second-order valence-corrected chi connectivity index (χ2v) is 11.5. The van der Waals surface area contributed by atoms with E-state index in [4.69, 9.17) is 0 Å². The highest BCUT2D eigenvalue weighted by Gasteiger charge is 2.31. The molecule has 0 saturated heterocycles. The van der Waals surface area contributed by atoms with Crippen LogP contribution in [0.1, 0.15) is 34.0 Å². The largest absolute Gasteiger partial charge is 0.508 e. The van der Waals surface area contributed by atoms with E-state index in [-0.39, 0.29) is 17.7 Å². The van der Waals surface area contributed by atoms with Crippen LogP contribution in [-0.4, -0.2) is 42.5 Å². The van der Waals surface area contributed by atoms with Crippen molar-refractivity contribution in [2.75, 3.05) is 4.90 Å². The highest BCUT2D eigenvalue weighted by Crippen LogP contribution is 2.32. The number of carbonyl (C=O) groups is 2. The van der Waals surface area contributed by atoms with E-state index in [0.717, 1.165) is 23.0 Å². The third-order valence-electron chi connectivity index (χ3n) is 8.46. The summed E-state index contributed by atoms with van der Waals surface area (Å²) in [6, 6.07) is 21.6. The molecule has 9 nitrogen and oxygen atoms in total. The molecule has 3 amide bonds. The van der Waals surface area contributed by atoms with Crippen LogP contribution in [0, 0.1) is 5.82 Å². The average Bonchev–Trinajstić information content (AvgIpc) is 3.44. The molecule has 1 atom stereocenters. The maximum absolute atomic E-state index is 14.8. The Hall–Kier alpha value is -5.90. The number of nitrogens with zero attached hydrogens (tertiary/aromatic N) is 5. The van der Waals surface area contributed by atoms with Crippen molar-refractivity contribution in [3.63, 3.8) is 0 Å². The Morgan fingerprint density at radius 1 is 1.00 bits per heavy atom. The van der Waals surface area contributed by atoms with Crippen molar-refractivity contribution in [2.45, 2.75) is 25.9 Å². The lowest BCUT2D eigenvalue weighted by Gasteiger charge is -2.36. The van der Waals surface area contributed by atoms with Gasteiger partial charge in [0.2, 0.25) is 0 Å². The van der Waals surface area contributed by atoms with Crippen molar-refractivity contribution in [1.29, 1.82) is 0 Å². The van der Waals surface area contributed by atoms with E-state index >= 15 is 0 Å². The van der Waals surface area contributed by atoms with Crippen LogP contribution < -0.4 is 10.3 Å². The van der Waals surface area contributed by atoms with Crippen molar-refractivity contribution < 1.29 is 19.1 Å². The molecule has 230 valence electrons. The summed E-state index contributed by atoms with van der Waals surface area (Å²) in [6.07, 6.45) is 9.14. The van der Waals surface area contributed by atoms with Crippen molar-refractivity contribution in [1.82, 2.24) is 24.9 Å². The van der Waals surface area contributed by atoms with Gasteiger partial charge in [0.25, 0.3) is 5.91 Å². The van der Waals surface area contributed by atoms with E-state index in [1.165, 1.54) is 45.8 Å². The Morgan fingerprint density at radius 3 is 2.59 bits per heavy atom. The number of aryl methyl sites for hydroxylation is 1. The standard InChI is InChI=1S/C36H31FN6O3/c1-23-18-24-6-3-4-7-26(24)22-41(23)35(45)31-14-9-27(37)20-32(31)33-8-5-16-42(39-33)36(46)43(28-10-12-30(44)13-11-28)29-19-25-15-17-40(2)34(25)38-21-29/h3-17,19-21,23,39,44H,18,22H2,1-2H3/t23-/m1/s1. The van der Waals surface area contributed by atoms with Crippen LogP contribution in [0.3, 0.4) is 0 Å². The van der Waals surface area contributed by atoms with E-state index < -0.39 is 11.8 Å². The van der Waals surface area contributed by atoms with Crippen molar-refractivity contribution >= 4 is 40.0 Å². The summed E-state index contributed by atoms with van der Waals surface area (Å²) in [5.74, 6) is -0.671. The highest BCUT2D eigenvalue weighted by molar-refractivity contribution is 6.03. The number of fused-ring (bicyclic) bond motifs is 2. The van der Waals surface area contributed by atoms with Crippen LogP contribution in [0.4, 0.5) is 20.6 Å². The van der Waals surface area contributed by atoms with Crippen LogP contribution in [0.25, 0.3) is 16.7 Å². The van der Waals surface area contributed by atoms with E-state index in [9.17, 15) is 19.1 Å². The first-order chi connectivity index (χ1) is 22.3. The number of hydrazine groups is 1. The Kier molecular flexibility index (Phi) is 7.24. The minimum atomic E-state index is -0.508. The molecule has 0 fully saturated rings. The number of aromatic nitrogens is 2. The second kappa shape index (κ2) is 11.6. The van der Waals surface area contributed by atoms with Gasteiger partial charge in [-0.1, -0.05) is 24.3 Å². The summed E-state index contributed by atoms with van der Waals surface area (Å²) < 4.78 is 16.6. The second-order valence-electron chi connectivity index (χ2n) is 11.5. The first-order valence-corrected chi connectivity index (χ1v) is 14.9. The number of rotatable bonds is 4. The van der Waals surface area contributed by atoms with Gasteiger partial charge in [-0.2, -0.15) is 0 Å². The third-order valence-corrected chi connectivity index (χ3v) is 8.46. The number of hydrogen-bond acceptors (Lipinski definition) is 5. The fourth-order valence-corrected chi connectivity index (χ4v) is 6.07. The number of carbonyl (C=O) groups excluding carboxylic acids is 2. The number of nitrogens with one attached hydrogen (secondary N) is 1. The average molecular weight is 615 g/mol. The number of aromatic hydroxyl groups is 1. The quantitative estimate of drug-likeness (QED) is 0.237. The summed E-state index contributed by atoms with van der Waals surface area (Å²) in [5.41, 5.74) is 8.20. The van der Waals surface area contributed by atoms with Gasteiger partial charge >= 0.3 is 6.03 Å². The molecule has 2 aromatic heterocycles. The number of amides is 3. The van der Waals surface area contributed by atoms with Gasteiger partial charge in [0, 0.05) is 48.5 Å². The van der Waals surface area contributed by atoms with Gasteiger partial charge in [-0.25, -0.2) is 19.2 Å². The monoisotopic (exact) mass is 614 g/mol. The molecule has 0 radical (unpaired) electrons. The van der Waals surface area contributed by atoms with Gasteiger partial charge in [0.1, 0.15) is 17.2 Å². The van der Waals surface area contributed by atoms with E-state index in [0.29, 0.717) is 34.7 Å². The molecule has 0 spiro atoms.